The molecular formula is C20H32N4O2S. The van der Waals surface area contributed by atoms with Crippen molar-refractivity contribution in [2.45, 2.75) is 27.2 Å². The van der Waals surface area contributed by atoms with E-state index in [0.29, 0.717) is 5.11 Å². The number of carbonyl (C=O) groups is 1. The van der Waals surface area contributed by atoms with Gasteiger partial charge in [-0.1, -0.05) is 26.8 Å². The third-order valence-corrected chi connectivity index (χ3v) is 4.32. The van der Waals surface area contributed by atoms with Gasteiger partial charge in [0.2, 0.25) is 0 Å². The van der Waals surface area contributed by atoms with Crippen LogP contribution in [0.2, 0.25) is 0 Å². The molecule has 0 aromatic heterocycles. The summed E-state index contributed by atoms with van der Waals surface area (Å²) < 4.78 is 4.64. The van der Waals surface area contributed by atoms with E-state index < -0.39 is 0 Å². The molecule has 0 amide bonds. The minimum atomic E-state index is -0.383. The summed E-state index contributed by atoms with van der Waals surface area (Å²) in [4.78, 5) is 13.7. The van der Waals surface area contributed by atoms with Crippen molar-refractivity contribution < 1.29 is 9.53 Å². The Hall–Kier alpha value is -2.12. The fourth-order valence-corrected chi connectivity index (χ4v) is 2.66. The van der Waals surface area contributed by atoms with Gasteiger partial charge in [0.1, 0.15) is 0 Å². The quantitative estimate of drug-likeness (QED) is 0.303. The number of rotatable bonds is 11. The van der Waals surface area contributed by atoms with E-state index in [0.717, 1.165) is 56.1 Å². The van der Waals surface area contributed by atoms with E-state index in [1.54, 1.807) is 6.08 Å². The second-order valence-corrected chi connectivity index (χ2v) is 6.40. The molecule has 0 atom stereocenters. The first kappa shape index (κ1) is 22.9. The Morgan fingerprint density at radius 2 is 1.93 bits per heavy atom. The summed E-state index contributed by atoms with van der Waals surface area (Å²) in [6, 6.07) is 5.90. The molecule has 0 spiro atoms. The molecule has 1 aromatic carbocycles. The normalized spacial score (nSPS) is 10.9. The molecule has 0 aliphatic rings. The Balaban J connectivity index is 2.89. The van der Waals surface area contributed by atoms with Gasteiger partial charge in [-0.3, -0.25) is 0 Å². The molecule has 0 aliphatic carbocycles. The van der Waals surface area contributed by atoms with Gasteiger partial charge in [0.15, 0.2) is 5.11 Å². The number of nitrogens with one attached hydrogen (secondary N) is 3. The molecule has 3 N–H and O–H groups in total. The van der Waals surface area contributed by atoms with E-state index >= 15 is 0 Å². The van der Waals surface area contributed by atoms with E-state index in [1.807, 2.05) is 18.2 Å². The summed E-state index contributed by atoms with van der Waals surface area (Å²) in [6.07, 6.45) is 4.12. The smallest absolute Gasteiger partial charge is 0.330 e. The Labute approximate surface area is 168 Å². The van der Waals surface area contributed by atoms with Gasteiger partial charge in [-0.05, 0) is 55.5 Å². The van der Waals surface area contributed by atoms with Crippen molar-refractivity contribution in [1.29, 1.82) is 0 Å². The number of ether oxygens (including phenoxy) is 1. The molecule has 6 nitrogen and oxygen atoms in total. The zero-order chi connectivity index (χ0) is 20.1. The lowest BCUT2D eigenvalue weighted by atomic mass is 10.1. The largest absolute Gasteiger partial charge is 0.466 e. The number of hydrogen-bond donors (Lipinski definition) is 3. The molecule has 1 aromatic rings. The molecule has 0 saturated carbocycles. The van der Waals surface area contributed by atoms with Gasteiger partial charge in [0, 0.05) is 25.7 Å². The average molecular weight is 393 g/mol. The summed E-state index contributed by atoms with van der Waals surface area (Å²) in [6.45, 7) is 11.1. The maximum Gasteiger partial charge on any atom is 0.330 e. The second kappa shape index (κ2) is 13.1. The number of hydrogen-bond acceptors (Lipinski definition) is 5. The minimum absolute atomic E-state index is 0.383. The van der Waals surface area contributed by atoms with Crippen molar-refractivity contribution in [2.75, 3.05) is 50.5 Å². The molecule has 150 valence electrons. The van der Waals surface area contributed by atoms with E-state index in [9.17, 15) is 4.79 Å². The number of methoxy groups -OCH3 is 1. The first-order valence-electron chi connectivity index (χ1n) is 9.45. The minimum Gasteiger partial charge on any atom is -0.466 e. The topological polar surface area (TPSA) is 65.6 Å². The Bertz CT molecular complexity index is 630. The molecule has 0 unspecified atom stereocenters. The predicted molar refractivity (Wildman–Crippen MR) is 118 cm³/mol. The highest BCUT2D eigenvalue weighted by molar-refractivity contribution is 7.80. The van der Waals surface area contributed by atoms with Gasteiger partial charge >= 0.3 is 5.97 Å². The molecule has 7 heteroatoms. The molecule has 0 fully saturated rings. The van der Waals surface area contributed by atoms with Crippen molar-refractivity contribution in [3.05, 3.63) is 29.8 Å². The molecule has 0 aliphatic heterocycles. The highest BCUT2D eigenvalue weighted by Gasteiger charge is 2.06. The van der Waals surface area contributed by atoms with Crippen molar-refractivity contribution in [1.82, 2.24) is 10.2 Å². The van der Waals surface area contributed by atoms with Gasteiger partial charge < -0.3 is 25.6 Å². The van der Waals surface area contributed by atoms with Crippen LogP contribution in [0.15, 0.2) is 24.3 Å². The van der Waals surface area contributed by atoms with Crippen molar-refractivity contribution in [2.24, 2.45) is 0 Å². The van der Waals surface area contributed by atoms with Gasteiger partial charge in [-0.2, -0.15) is 0 Å². The van der Waals surface area contributed by atoms with Gasteiger partial charge in [0.05, 0.1) is 18.5 Å². The molecule has 0 saturated heterocycles. The molecule has 1 rings (SSSR count). The van der Waals surface area contributed by atoms with Crippen LogP contribution in [-0.2, 0) is 9.53 Å². The maximum atomic E-state index is 11.3. The summed E-state index contributed by atoms with van der Waals surface area (Å²) in [5.41, 5.74) is 2.73. The molecule has 0 radical (unpaired) electrons. The van der Waals surface area contributed by atoms with Gasteiger partial charge in [-0.15, -0.1) is 0 Å². The third-order valence-electron chi connectivity index (χ3n) is 4.08. The van der Waals surface area contributed by atoms with Crippen LogP contribution in [0.3, 0.4) is 0 Å². The number of likely N-dealkylation sites (N-methyl/N-ethyl adjacent to an activating group) is 1. The fraction of sp³-hybridized carbons (Fsp3) is 0.500. The van der Waals surface area contributed by atoms with Crippen LogP contribution in [0.5, 0.6) is 0 Å². The summed E-state index contributed by atoms with van der Waals surface area (Å²) in [5, 5.41) is 10.5. The zero-order valence-corrected chi connectivity index (χ0v) is 17.6. The average Bonchev–Trinajstić information content (AvgIpc) is 2.68. The van der Waals surface area contributed by atoms with Crippen LogP contribution < -0.4 is 16.0 Å². The monoisotopic (exact) mass is 392 g/mol. The van der Waals surface area contributed by atoms with E-state index in [4.69, 9.17) is 12.2 Å². The first-order chi connectivity index (χ1) is 13.0. The molecule has 0 bridgehead atoms. The van der Waals surface area contributed by atoms with Crippen molar-refractivity contribution >= 4 is 40.8 Å². The Kier molecular flexibility index (Phi) is 11.1. The zero-order valence-electron chi connectivity index (χ0n) is 16.8. The third kappa shape index (κ3) is 8.88. The van der Waals surface area contributed by atoms with Gasteiger partial charge in [-0.25, -0.2) is 4.79 Å². The Morgan fingerprint density at radius 3 is 2.56 bits per heavy atom. The lowest BCUT2D eigenvalue weighted by Gasteiger charge is -2.20. The molecular weight excluding hydrogens is 360 g/mol. The lowest BCUT2D eigenvalue weighted by molar-refractivity contribution is -0.134. The number of anilines is 2. The number of esters is 1. The van der Waals surface area contributed by atoms with Crippen LogP contribution >= 0.6 is 12.2 Å². The highest BCUT2D eigenvalue weighted by Crippen LogP contribution is 2.24. The Morgan fingerprint density at radius 1 is 1.19 bits per heavy atom. The molecule has 0 heterocycles. The number of benzene rings is 1. The lowest BCUT2D eigenvalue weighted by Crippen LogP contribution is -2.30. The second-order valence-electron chi connectivity index (χ2n) is 6.00. The number of carbonyl (C=O) groups excluding carboxylic acids is 1. The van der Waals surface area contributed by atoms with E-state index in [1.165, 1.54) is 13.2 Å². The molecule has 27 heavy (non-hydrogen) atoms. The number of nitrogens with zero attached hydrogens (tertiary/aromatic N) is 1. The van der Waals surface area contributed by atoms with Crippen LogP contribution in [0.4, 0.5) is 11.4 Å². The van der Waals surface area contributed by atoms with E-state index in [-0.39, 0.29) is 5.97 Å². The van der Waals surface area contributed by atoms with E-state index in [2.05, 4.69) is 46.4 Å². The standard InChI is InChI=1S/C20H32N4O2S/c1-5-12-22-20(27)23-18-15-16(9-11-19(25)26-4)8-10-17(18)21-13-14-24(6-2)7-3/h8-11,15,21H,5-7,12-14H2,1-4H3,(H2,22,23,27)/b11-9+. The van der Waals surface area contributed by atoms with Crippen molar-refractivity contribution in [3.8, 4) is 0 Å². The SMILES string of the molecule is CCCNC(=S)Nc1cc(/C=C/C(=O)OC)ccc1NCCN(CC)CC. The van der Waals surface area contributed by atoms with Crippen LogP contribution in [0.25, 0.3) is 6.08 Å². The van der Waals surface area contributed by atoms with Crippen LogP contribution in [0.1, 0.15) is 32.8 Å². The first-order valence-corrected chi connectivity index (χ1v) is 9.85. The van der Waals surface area contributed by atoms with Crippen LogP contribution in [-0.4, -0.2) is 55.8 Å². The van der Waals surface area contributed by atoms with Crippen LogP contribution in [0, 0.1) is 0 Å². The summed E-state index contributed by atoms with van der Waals surface area (Å²) >= 11 is 5.37. The summed E-state index contributed by atoms with van der Waals surface area (Å²) in [7, 11) is 1.36. The highest BCUT2D eigenvalue weighted by atomic mass is 32.1. The summed E-state index contributed by atoms with van der Waals surface area (Å²) in [5.74, 6) is -0.383. The predicted octanol–water partition coefficient (Wildman–Crippen LogP) is 3.32. The maximum absolute atomic E-state index is 11.3. The van der Waals surface area contributed by atoms with Crippen molar-refractivity contribution in [3.63, 3.8) is 0 Å². The number of thiocarbonyl (C=S) groups is 1. The fourth-order valence-electron chi connectivity index (χ4n) is 2.45. The van der Waals surface area contributed by atoms with Gasteiger partial charge in [0.25, 0.3) is 0 Å².